The van der Waals surface area contributed by atoms with Crippen molar-refractivity contribution in [1.82, 2.24) is 14.5 Å². The topological polar surface area (TPSA) is 104 Å². The molecule has 0 unspecified atom stereocenters. The van der Waals surface area contributed by atoms with Gasteiger partial charge in [0.25, 0.3) is 5.91 Å². The van der Waals surface area contributed by atoms with E-state index in [1.165, 1.54) is 38.5 Å². The highest BCUT2D eigenvalue weighted by atomic mass is 32.2. The second-order valence-electron chi connectivity index (χ2n) is 7.31. The number of hydrogen-bond acceptors (Lipinski definition) is 7. The molecule has 0 aliphatic rings. The lowest BCUT2D eigenvalue weighted by atomic mass is 10.1. The summed E-state index contributed by atoms with van der Waals surface area (Å²) < 4.78 is 77.1. The number of rotatable bonds is 6. The van der Waals surface area contributed by atoms with Gasteiger partial charge < -0.3 is 14.0 Å². The van der Waals surface area contributed by atoms with E-state index in [4.69, 9.17) is 9.47 Å². The maximum absolute atomic E-state index is 13.5. The maximum atomic E-state index is 13.5. The van der Waals surface area contributed by atoms with Gasteiger partial charge in [0.05, 0.1) is 31.5 Å². The molecule has 0 N–H and O–H groups in total. The summed E-state index contributed by atoms with van der Waals surface area (Å²) in [4.78, 5) is 20.9. The molecule has 2 aromatic heterocycles. The van der Waals surface area contributed by atoms with Crippen LogP contribution in [0.1, 0.15) is 36.1 Å². The van der Waals surface area contributed by atoms with Crippen molar-refractivity contribution in [3.8, 4) is 11.8 Å². The number of carbonyl (C=O) groups excluding carboxylic acids is 1. The van der Waals surface area contributed by atoms with E-state index < -0.39 is 34.0 Å². The maximum Gasteiger partial charge on any atom is 0.449 e. The summed E-state index contributed by atoms with van der Waals surface area (Å²) in [7, 11) is -1.61. The second kappa shape index (κ2) is 8.54. The molecule has 0 radical (unpaired) electrons. The molecule has 0 atom stereocenters. The lowest BCUT2D eigenvalue weighted by molar-refractivity contribution is -0.147. The molecule has 0 saturated carbocycles. The van der Waals surface area contributed by atoms with Crippen LogP contribution in [0, 0.1) is 0 Å². The smallest absolute Gasteiger partial charge is 0.449 e. The number of sulfonamides is 1. The van der Waals surface area contributed by atoms with Crippen molar-refractivity contribution in [2.24, 2.45) is 0 Å². The molecule has 0 saturated heterocycles. The normalized spacial score (nSPS) is 12.3. The van der Waals surface area contributed by atoms with Gasteiger partial charge in [-0.2, -0.15) is 22.5 Å². The third kappa shape index (κ3) is 4.58. The number of carbonyl (C=O) groups is 1. The van der Waals surface area contributed by atoms with Crippen molar-refractivity contribution < 1.29 is 35.9 Å². The molecule has 1 amide bonds. The van der Waals surface area contributed by atoms with Gasteiger partial charge in [0.2, 0.25) is 27.6 Å². The van der Waals surface area contributed by atoms with Crippen molar-refractivity contribution in [2.75, 3.05) is 24.8 Å². The molecule has 3 aromatic rings. The van der Waals surface area contributed by atoms with Crippen LogP contribution >= 0.6 is 0 Å². The van der Waals surface area contributed by atoms with E-state index in [1.54, 1.807) is 13.8 Å². The minimum Gasteiger partial charge on any atom is -0.481 e. The Bertz CT molecular complexity index is 1320. The van der Waals surface area contributed by atoms with Crippen LogP contribution in [0.3, 0.4) is 0 Å². The molecule has 33 heavy (non-hydrogen) atoms. The van der Waals surface area contributed by atoms with Gasteiger partial charge in [-0.1, -0.05) is 0 Å². The summed E-state index contributed by atoms with van der Waals surface area (Å²) in [6, 6.07) is 5.72. The number of methoxy groups -OCH3 is 2. The summed E-state index contributed by atoms with van der Waals surface area (Å²) in [5.41, 5.74) is -0.318. The molecule has 0 bridgehead atoms. The predicted octanol–water partition coefficient (Wildman–Crippen LogP) is 3.65. The number of pyridine rings is 1. The van der Waals surface area contributed by atoms with Gasteiger partial charge in [-0.15, -0.1) is 0 Å². The first-order valence-electron chi connectivity index (χ1n) is 9.52. The van der Waals surface area contributed by atoms with E-state index in [1.807, 2.05) is 0 Å². The highest BCUT2D eigenvalue weighted by Gasteiger charge is 2.38. The van der Waals surface area contributed by atoms with Crippen LogP contribution < -0.4 is 13.8 Å². The molecule has 13 heteroatoms. The average Bonchev–Trinajstić information content (AvgIpc) is 3.12. The Balaban J connectivity index is 2.18. The first-order chi connectivity index (χ1) is 15.3. The standard InChI is InChI=1S/C20H21F3N4O5S/c1-11(2)26-14-7-6-12(10-13(14)24-19(26)20(21,22)23)18(28)27(33(5,29)30)15-8-9-16(31-3)25-17(15)32-4/h6-11H,1-5H3. The largest absolute Gasteiger partial charge is 0.481 e. The number of halogens is 3. The third-order valence-corrected chi connectivity index (χ3v) is 5.68. The Morgan fingerprint density at radius 1 is 1.09 bits per heavy atom. The minimum atomic E-state index is -4.71. The van der Waals surface area contributed by atoms with Crippen molar-refractivity contribution in [3.05, 3.63) is 41.7 Å². The first-order valence-corrected chi connectivity index (χ1v) is 11.4. The van der Waals surface area contributed by atoms with Crippen LogP contribution in [0.5, 0.6) is 11.8 Å². The number of anilines is 1. The van der Waals surface area contributed by atoms with Gasteiger partial charge in [0.1, 0.15) is 5.69 Å². The van der Waals surface area contributed by atoms with Gasteiger partial charge >= 0.3 is 6.18 Å². The van der Waals surface area contributed by atoms with Crippen LogP contribution in [0.2, 0.25) is 0 Å². The van der Waals surface area contributed by atoms with Gasteiger partial charge in [-0.25, -0.2) is 13.4 Å². The highest BCUT2D eigenvalue weighted by Crippen LogP contribution is 2.35. The van der Waals surface area contributed by atoms with Gasteiger partial charge in [0, 0.05) is 17.7 Å². The number of aromatic nitrogens is 3. The summed E-state index contributed by atoms with van der Waals surface area (Å²) in [6.07, 6.45) is -3.91. The van der Waals surface area contributed by atoms with Crippen LogP contribution in [0.15, 0.2) is 30.3 Å². The van der Waals surface area contributed by atoms with Crippen molar-refractivity contribution in [2.45, 2.75) is 26.1 Å². The van der Waals surface area contributed by atoms with Gasteiger partial charge in [-0.05, 0) is 38.1 Å². The van der Waals surface area contributed by atoms with E-state index in [0.717, 1.165) is 16.9 Å². The van der Waals surface area contributed by atoms with E-state index in [9.17, 15) is 26.4 Å². The number of nitrogens with zero attached hydrogens (tertiary/aromatic N) is 4. The number of fused-ring (bicyclic) bond motifs is 1. The van der Waals surface area contributed by atoms with Crippen LogP contribution in [0.25, 0.3) is 11.0 Å². The van der Waals surface area contributed by atoms with Crippen molar-refractivity contribution in [3.63, 3.8) is 0 Å². The number of hydrogen-bond donors (Lipinski definition) is 0. The van der Waals surface area contributed by atoms with Crippen molar-refractivity contribution in [1.29, 1.82) is 0 Å². The first kappa shape index (κ1) is 24.3. The van der Waals surface area contributed by atoms with E-state index in [2.05, 4.69) is 9.97 Å². The Labute approximate surface area is 187 Å². The number of ether oxygens (including phenoxy) is 2. The average molecular weight is 486 g/mol. The van der Waals surface area contributed by atoms with Crippen LogP contribution in [-0.4, -0.2) is 49.3 Å². The minimum absolute atomic E-state index is 0.102. The molecule has 178 valence electrons. The molecule has 9 nitrogen and oxygen atoms in total. The summed E-state index contributed by atoms with van der Waals surface area (Å²) in [5.74, 6) is -2.20. The monoisotopic (exact) mass is 486 g/mol. The summed E-state index contributed by atoms with van der Waals surface area (Å²) in [5, 5.41) is 0. The summed E-state index contributed by atoms with van der Waals surface area (Å²) >= 11 is 0. The Morgan fingerprint density at radius 3 is 2.27 bits per heavy atom. The molecule has 1 aromatic carbocycles. The van der Waals surface area contributed by atoms with E-state index >= 15 is 0 Å². The SMILES string of the molecule is COc1ccc(N(C(=O)c2ccc3c(c2)nc(C(F)(F)F)n3C(C)C)S(C)(=O)=O)c(OC)n1. The van der Waals surface area contributed by atoms with E-state index in [-0.39, 0.29) is 34.0 Å². The van der Waals surface area contributed by atoms with Gasteiger partial charge in [0.15, 0.2) is 0 Å². The molecule has 3 rings (SSSR count). The lowest BCUT2D eigenvalue weighted by Crippen LogP contribution is -2.36. The zero-order valence-corrected chi connectivity index (χ0v) is 19.2. The zero-order chi connectivity index (χ0) is 24.7. The fourth-order valence-electron chi connectivity index (χ4n) is 3.34. The summed E-state index contributed by atoms with van der Waals surface area (Å²) in [6.45, 7) is 3.15. The Morgan fingerprint density at radius 2 is 1.76 bits per heavy atom. The van der Waals surface area contributed by atoms with Crippen LogP contribution in [-0.2, 0) is 16.2 Å². The molecular weight excluding hydrogens is 465 g/mol. The lowest BCUT2D eigenvalue weighted by Gasteiger charge is -2.22. The molecule has 2 heterocycles. The third-order valence-electron chi connectivity index (χ3n) is 4.66. The van der Waals surface area contributed by atoms with Crippen molar-refractivity contribution >= 4 is 32.7 Å². The fourth-order valence-corrected chi connectivity index (χ4v) is 4.25. The number of alkyl halides is 3. The Hall–Kier alpha value is -3.35. The molecule has 0 aliphatic heterocycles. The fraction of sp³-hybridized carbons (Fsp3) is 0.350. The molecular formula is C20H21F3N4O5S. The highest BCUT2D eigenvalue weighted by molar-refractivity contribution is 7.92. The van der Waals surface area contributed by atoms with E-state index in [0.29, 0.717) is 4.31 Å². The molecule has 0 spiro atoms. The zero-order valence-electron chi connectivity index (χ0n) is 18.3. The molecule has 0 fully saturated rings. The number of imidazole rings is 1. The quantitative estimate of drug-likeness (QED) is 0.524. The van der Waals surface area contributed by atoms with Gasteiger partial charge in [-0.3, -0.25) is 4.79 Å². The number of benzene rings is 1. The number of amides is 1. The molecule has 0 aliphatic carbocycles. The second-order valence-corrected chi connectivity index (χ2v) is 9.15. The predicted molar refractivity (Wildman–Crippen MR) is 114 cm³/mol. The van der Waals surface area contributed by atoms with Crippen LogP contribution in [0.4, 0.5) is 18.9 Å². The Kier molecular flexibility index (Phi) is 6.29.